The number of aryl methyl sites for hydroxylation is 3. The van der Waals surface area contributed by atoms with Gasteiger partial charge in [0.2, 0.25) is 14.4 Å². The molecule has 1 amide bonds. The number of aliphatic hydroxyl groups is 1. The number of hydrogen-bond acceptors (Lipinski definition) is 10. The van der Waals surface area contributed by atoms with E-state index in [0.717, 1.165) is 41.7 Å². The van der Waals surface area contributed by atoms with Gasteiger partial charge >= 0.3 is 0 Å². The lowest BCUT2D eigenvalue weighted by Gasteiger charge is -2.42. The highest BCUT2D eigenvalue weighted by atomic mass is 32.2. The number of benzene rings is 2. The second-order valence-electron chi connectivity index (χ2n) is 11.3. The molecule has 0 bridgehead atoms. The Hall–Kier alpha value is -3.04. The zero-order valence-corrected chi connectivity index (χ0v) is 26.5. The SMILES string of the molecule is Cc1csc(S(=O)(=O)N(CC2(C)COC2)c2cc3c(cc2OCc2ccc(C(=O)NS(=O)(=O)CCCO)cc2)CCC3)n1. The number of fused-ring (bicyclic) bond motifs is 1. The topological polar surface area (TPSA) is 152 Å². The summed E-state index contributed by atoms with van der Waals surface area (Å²) in [7, 11) is -7.86. The van der Waals surface area contributed by atoms with E-state index in [4.69, 9.17) is 14.6 Å². The van der Waals surface area contributed by atoms with Gasteiger partial charge < -0.3 is 14.6 Å². The maximum absolute atomic E-state index is 14.0. The number of carbonyl (C=O) groups excluding carboxylic acids is 1. The molecular formula is C29H35N3O8S3. The molecular weight excluding hydrogens is 615 g/mol. The fourth-order valence-corrected chi connectivity index (χ4v) is 8.82. The molecule has 43 heavy (non-hydrogen) atoms. The van der Waals surface area contributed by atoms with Gasteiger partial charge in [0.1, 0.15) is 12.4 Å². The van der Waals surface area contributed by atoms with Crippen molar-refractivity contribution in [3.63, 3.8) is 0 Å². The van der Waals surface area contributed by atoms with E-state index in [0.29, 0.717) is 35.9 Å². The van der Waals surface area contributed by atoms with E-state index in [2.05, 4.69) is 4.98 Å². The Labute approximate surface area is 256 Å². The van der Waals surface area contributed by atoms with Crippen LogP contribution in [-0.4, -0.2) is 65.0 Å². The summed E-state index contributed by atoms with van der Waals surface area (Å²) in [6, 6.07) is 10.1. The van der Waals surface area contributed by atoms with Crippen molar-refractivity contribution in [3.8, 4) is 5.75 Å². The summed E-state index contributed by atoms with van der Waals surface area (Å²) in [6.07, 6.45) is 2.73. The van der Waals surface area contributed by atoms with Crippen LogP contribution in [0.5, 0.6) is 5.75 Å². The lowest BCUT2D eigenvalue weighted by Crippen LogP contribution is -2.50. The van der Waals surface area contributed by atoms with Gasteiger partial charge in [0, 0.05) is 35.2 Å². The largest absolute Gasteiger partial charge is 0.487 e. The van der Waals surface area contributed by atoms with E-state index in [1.807, 2.05) is 23.8 Å². The molecule has 1 aliphatic carbocycles. The molecule has 1 fully saturated rings. The first kappa shape index (κ1) is 31.4. The molecule has 11 nitrogen and oxygen atoms in total. The van der Waals surface area contributed by atoms with Gasteiger partial charge in [0.05, 0.1) is 24.7 Å². The van der Waals surface area contributed by atoms with Gasteiger partial charge in [0.25, 0.3) is 15.9 Å². The first-order valence-corrected chi connectivity index (χ1v) is 17.9. The van der Waals surface area contributed by atoms with Crippen LogP contribution in [0.15, 0.2) is 46.1 Å². The molecule has 2 N–H and O–H groups in total. The minimum absolute atomic E-state index is 0.0209. The van der Waals surface area contributed by atoms with E-state index in [1.54, 1.807) is 24.4 Å². The molecule has 0 atom stereocenters. The van der Waals surface area contributed by atoms with Crippen molar-refractivity contribution in [2.45, 2.75) is 50.5 Å². The Morgan fingerprint density at radius 3 is 2.44 bits per heavy atom. The number of nitrogens with zero attached hydrogens (tertiary/aromatic N) is 2. The van der Waals surface area contributed by atoms with Crippen molar-refractivity contribution in [2.75, 3.05) is 36.4 Å². The maximum atomic E-state index is 14.0. The Morgan fingerprint density at radius 2 is 1.84 bits per heavy atom. The van der Waals surface area contributed by atoms with Crippen molar-refractivity contribution in [3.05, 3.63) is 69.7 Å². The summed E-state index contributed by atoms with van der Waals surface area (Å²) in [5.74, 6) is -0.693. The number of sulfonamides is 2. The summed E-state index contributed by atoms with van der Waals surface area (Å²) < 4.78 is 67.3. The maximum Gasteiger partial charge on any atom is 0.291 e. The van der Waals surface area contributed by atoms with Gasteiger partial charge in [-0.05, 0) is 73.6 Å². The van der Waals surface area contributed by atoms with Crippen LogP contribution in [0.25, 0.3) is 0 Å². The lowest BCUT2D eigenvalue weighted by molar-refractivity contribution is -0.0941. The Morgan fingerprint density at radius 1 is 1.14 bits per heavy atom. The van der Waals surface area contributed by atoms with Crippen molar-refractivity contribution in [1.82, 2.24) is 9.71 Å². The molecule has 2 aliphatic rings. The molecule has 5 rings (SSSR count). The minimum atomic E-state index is -4.00. The summed E-state index contributed by atoms with van der Waals surface area (Å²) in [5.41, 5.74) is 3.79. The molecule has 2 aromatic carbocycles. The molecule has 3 aromatic rings. The van der Waals surface area contributed by atoms with Crippen LogP contribution in [0.3, 0.4) is 0 Å². The first-order chi connectivity index (χ1) is 20.4. The van der Waals surface area contributed by atoms with Crippen LogP contribution in [-0.2, 0) is 44.2 Å². The zero-order chi connectivity index (χ0) is 30.8. The fourth-order valence-electron chi connectivity index (χ4n) is 5.05. The molecule has 1 aliphatic heterocycles. The van der Waals surface area contributed by atoms with Crippen molar-refractivity contribution in [1.29, 1.82) is 0 Å². The number of carbonyl (C=O) groups is 1. The zero-order valence-electron chi connectivity index (χ0n) is 24.0. The third kappa shape index (κ3) is 7.20. The third-order valence-corrected chi connectivity index (χ3v) is 11.8. The third-order valence-electron chi connectivity index (χ3n) is 7.41. The van der Waals surface area contributed by atoms with Gasteiger partial charge in [-0.1, -0.05) is 19.1 Å². The average molecular weight is 650 g/mol. The van der Waals surface area contributed by atoms with Crippen LogP contribution >= 0.6 is 11.3 Å². The average Bonchev–Trinajstić information content (AvgIpc) is 3.61. The standard InChI is InChI=1S/C29H35N3O8S3/c1-20-16-41-28(30-20)43(37,38)32(17-29(2)18-39-19-29)25-13-23-5-3-6-24(23)14-26(25)40-15-21-7-9-22(10-8-21)27(34)31-42(35,36)12-4-11-33/h7-10,13-14,16,33H,3-6,11-12,15,17-19H2,1-2H3,(H,31,34). The Kier molecular flexibility index (Phi) is 9.14. The summed E-state index contributed by atoms with van der Waals surface area (Å²) in [5, 5.41) is 10.6. The van der Waals surface area contributed by atoms with Gasteiger partial charge in [-0.25, -0.2) is 18.1 Å². The van der Waals surface area contributed by atoms with Gasteiger partial charge in [-0.3, -0.25) is 9.10 Å². The van der Waals surface area contributed by atoms with Gasteiger partial charge in [-0.2, -0.15) is 8.42 Å². The highest BCUT2D eigenvalue weighted by molar-refractivity contribution is 7.94. The van der Waals surface area contributed by atoms with E-state index < -0.39 is 26.0 Å². The van der Waals surface area contributed by atoms with Gasteiger partial charge in [-0.15, -0.1) is 11.3 Å². The van der Waals surface area contributed by atoms with Crippen LogP contribution in [0, 0.1) is 12.3 Å². The molecule has 14 heteroatoms. The van der Waals surface area contributed by atoms with E-state index in [9.17, 15) is 21.6 Å². The number of hydrogen-bond donors (Lipinski definition) is 2. The lowest BCUT2D eigenvalue weighted by atomic mass is 9.88. The quantitative estimate of drug-likeness (QED) is 0.284. The molecule has 0 spiro atoms. The van der Waals surface area contributed by atoms with Crippen LogP contribution in [0.2, 0.25) is 0 Å². The first-order valence-electron chi connectivity index (χ1n) is 13.9. The molecule has 1 saturated heterocycles. The smallest absolute Gasteiger partial charge is 0.291 e. The number of thiazole rings is 1. The predicted molar refractivity (Wildman–Crippen MR) is 163 cm³/mol. The molecule has 2 heterocycles. The summed E-state index contributed by atoms with van der Waals surface area (Å²) >= 11 is 1.09. The summed E-state index contributed by atoms with van der Waals surface area (Å²) in [6.45, 7) is 4.64. The van der Waals surface area contributed by atoms with Crippen LogP contribution in [0.1, 0.15) is 52.5 Å². The monoisotopic (exact) mass is 649 g/mol. The van der Waals surface area contributed by atoms with Crippen molar-refractivity contribution in [2.24, 2.45) is 5.41 Å². The normalized spacial score (nSPS) is 15.9. The predicted octanol–water partition coefficient (Wildman–Crippen LogP) is 3.19. The fraction of sp³-hybridized carbons (Fsp3) is 0.448. The Balaban J connectivity index is 1.41. The molecule has 0 saturated carbocycles. The Bertz CT molecular complexity index is 1700. The number of amides is 1. The number of aromatic nitrogens is 1. The van der Waals surface area contributed by atoms with Crippen LogP contribution in [0.4, 0.5) is 5.69 Å². The van der Waals surface area contributed by atoms with E-state index in [-0.39, 0.29) is 47.3 Å². The summed E-state index contributed by atoms with van der Waals surface area (Å²) in [4.78, 5) is 16.7. The number of nitrogens with one attached hydrogen (secondary N) is 1. The number of rotatable bonds is 13. The molecule has 0 radical (unpaired) electrons. The van der Waals surface area contributed by atoms with Crippen molar-refractivity contribution >= 4 is 43.0 Å². The van der Waals surface area contributed by atoms with Crippen LogP contribution < -0.4 is 13.8 Å². The number of anilines is 1. The highest BCUT2D eigenvalue weighted by Crippen LogP contribution is 2.41. The minimum Gasteiger partial charge on any atom is -0.487 e. The highest BCUT2D eigenvalue weighted by Gasteiger charge is 2.41. The number of ether oxygens (including phenoxy) is 2. The van der Waals surface area contributed by atoms with Gasteiger partial charge in [0.15, 0.2) is 0 Å². The second kappa shape index (κ2) is 12.5. The number of aliphatic hydroxyl groups excluding tert-OH is 1. The van der Waals surface area contributed by atoms with E-state index >= 15 is 0 Å². The molecule has 1 aromatic heterocycles. The molecule has 0 unspecified atom stereocenters. The van der Waals surface area contributed by atoms with Crippen molar-refractivity contribution < 1.29 is 36.2 Å². The van der Waals surface area contributed by atoms with E-state index in [1.165, 1.54) is 16.4 Å². The second-order valence-corrected chi connectivity index (χ2v) is 16.1. The molecule has 232 valence electrons.